The maximum Gasteiger partial charge on any atom is 0.321 e. The SMILES string of the molecule is CCc1c(NC(=O)N2CCCC(C(=O)O)C2)cnn1C(CC)CC. The third-order valence-corrected chi connectivity index (χ3v) is 4.82. The first kappa shape index (κ1) is 18.3. The van der Waals surface area contributed by atoms with Gasteiger partial charge in [0.05, 0.1) is 29.5 Å². The summed E-state index contributed by atoms with van der Waals surface area (Å²) in [6, 6.07) is 0.0942. The number of carboxylic acids is 1. The smallest absolute Gasteiger partial charge is 0.321 e. The van der Waals surface area contributed by atoms with Crippen LogP contribution in [0.3, 0.4) is 0 Å². The molecule has 1 saturated heterocycles. The lowest BCUT2D eigenvalue weighted by atomic mass is 9.99. The second kappa shape index (κ2) is 8.17. The van der Waals surface area contributed by atoms with Gasteiger partial charge in [-0.3, -0.25) is 9.48 Å². The van der Waals surface area contributed by atoms with E-state index in [9.17, 15) is 9.59 Å². The molecule has 0 radical (unpaired) electrons. The van der Waals surface area contributed by atoms with Crippen LogP contribution in [0.15, 0.2) is 6.20 Å². The molecule has 134 valence electrons. The molecule has 2 rings (SSSR count). The third-order valence-electron chi connectivity index (χ3n) is 4.82. The highest BCUT2D eigenvalue weighted by Gasteiger charge is 2.28. The summed E-state index contributed by atoms with van der Waals surface area (Å²) in [6.45, 7) is 7.18. The second-order valence-corrected chi connectivity index (χ2v) is 6.33. The van der Waals surface area contributed by atoms with Gasteiger partial charge in [0.2, 0.25) is 0 Å². The summed E-state index contributed by atoms with van der Waals surface area (Å²) in [5.74, 6) is -1.30. The largest absolute Gasteiger partial charge is 0.481 e. The molecule has 0 spiro atoms. The highest BCUT2D eigenvalue weighted by Crippen LogP contribution is 2.24. The van der Waals surface area contributed by atoms with Gasteiger partial charge in [-0.25, -0.2) is 4.79 Å². The van der Waals surface area contributed by atoms with Gasteiger partial charge in [-0.2, -0.15) is 5.10 Å². The number of amides is 2. The fourth-order valence-electron chi connectivity index (χ4n) is 3.35. The Morgan fingerprint density at radius 2 is 2.08 bits per heavy atom. The maximum absolute atomic E-state index is 12.5. The lowest BCUT2D eigenvalue weighted by molar-refractivity contribution is -0.143. The van der Waals surface area contributed by atoms with E-state index in [2.05, 4.69) is 24.3 Å². The molecular formula is C17H28N4O3. The minimum Gasteiger partial charge on any atom is -0.481 e. The Balaban J connectivity index is 2.10. The maximum atomic E-state index is 12.5. The fourth-order valence-corrected chi connectivity index (χ4v) is 3.35. The van der Waals surface area contributed by atoms with Crippen molar-refractivity contribution in [1.82, 2.24) is 14.7 Å². The summed E-state index contributed by atoms with van der Waals surface area (Å²) in [4.78, 5) is 25.3. The number of aromatic nitrogens is 2. The van der Waals surface area contributed by atoms with E-state index in [0.717, 1.165) is 37.1 Å². The first-order chi connectivity index (χ1) is 11.5. The highest BCUT2D eigenvalue weighted by atomic mass is 16.4. The number of piperidine rings is 1. The Kier molecular flexibility index (Phi) is 6.23. The van der Waals surface area contributed by atoms with Crippen molar-refractivity contribution >= 4 is 17.7 Å². The van der Waals surface area contributed by atoms with Gasteiger partial charge >= 0.3 is 12.0 Å². The van der Waals surface area contributed by atoms with Crippen LogP contribution in [0.25, 0.3) is 0 Å². The molecule has 1 atom stereocenters. The zero-order valence-electron chi connectivity index (χ0n) is 14.8. The van der Waals surface area contributed by atoms with Gasteiger partial charge in [0, 0.05) is 13.1 Å². The number of hydrogen-bond acceptors (Lipinski definition) is 3. The number of anilines is 1. The zero-order chi connectivity index (χ0) is 17.7. The molecule has 1 aliphatic rings. The zero-order valence-corrected chi connectivity index (χ0v) is 14.8. The van der Waals surface area contributed by atoms with Crippen LogP contribution in [0.1, 0.15) is 58.2 Å². The van der Waals surface area contributed by atoms with Crippen LogP contribution >= 0.6 is 0 Å². The number of rotatable bonds is 6. The summed E-state index contributed by atoms with van der Waals surface area (Å²) < 4.78 is 2.01. The molecule has 0 aliphatic carbocycles. The molecule has 1 aromatic rings. The second-order valence-electron chi connectivity index (χ2n) is 6.33. The topological polar surface area (TPSA) is 87.5 Å². The number of carbonyl (C=O) groups is 2. The van der Waals surface area contributed by atoms with E-state index in [-0.39, 0.29) is 12.6 Å². The molecule has 24 heavy (non-hydrogen) atoms. The van der Waals surface area contributed by atoms with Gasteiger partial charge in [0.15, 0.2) is 0 Å². The van der Waals surface area contributed by atoms with E-state index in [0.29, 0.717) is 19.0 Å². The molecule has 1 aromatic heterocycles. The summed E-state index contributed by atoms with van der Waals surface area (Å²) in [5, 5.41) is 16.5. The number of aliphatic carboxylic acids is 1. The molecule has 1 aliphatic heterocycles. The molecular weight excluding hydrogens is 308 g/mol. The number of nitrogens with zero attached hydrogens (tertiary/aromatic N) is 3. The summed E-state index contributed by atoms with van der Waals surface area (Å²) >= 11 is 0. The molecule has 0 saturated carbocycles. The van der Waals surface area contributed by atoms with Crippen LogP contribution in [0.2, 0.25) is 0 Å². The van der Waals surface area contributed by atoms with E-state index >= 15 is 0 Å². The van der Waals surface area contributed by atoms with Gasteiger partial charge in [-0.1, -0.05) is 20.8 Å². The van der Waals surface area contributed by atoms with Crippen LogP contribution in [-0.4, -0.2) is 44.9 Å². The summed E-state index contributed by atoms with van der Waals surface area (Å²) in [6.07, 6.45) is 5.82. The van der Waals surface area contributed by atoms with Crippen LogP contribution in [0.5, 0.6) is 0 Å². The normalized spacial score (nSPS) is 18.0. The van der Waals surface area contributed by atoms with E-state index < -0.39 is 11.9 Å². The van der Waals surface area contributed by atoms with E-state index in [1.807, 2.05) is 11.6 Å². The standard InChI is InChI=1S/C17H28N4O3/c1-4-13(5-2)21-15(6-3)14(10-18-21)19-17(24)20-9-7-8-12(11-20)16(22)23/h10,12-13H,4-9,11H2,1-3H3,(H,19,24)(H,22,23). The van der Waals surface area contributed by atoms with Crippen LogP contribution < -0.4 is 5.32 Å². The Morgan fingerprint density at radius 3 is 2.67 bits per heavy atom. The number of hydrogen-bond donors (Lipinski definition) is 2. The Bertz CT molecular complexity index is 580. The van der Waals surface area contributed by atoms with Gasteiger partial charge in [-0.15, -0.1) is 0 Å². The predicted octanol–water partition coefficient (Wildman–Crippen LogP) is 3.14. The van der Waals surface area contributed by atoms with Crippen molar-refractivity contribution in [3.63, 3.8) is 0 Å². The third kappa shape index (κ3) is 3.88. The molecule has 2 heterocycles. The Morgan fingerprint density at radius 1 is 1.38 bits per heavy atom. The molecule has 2 amide bonds. The fraction of sp³-hybridized carbons (Fsp3) is 0.706. The summed E-state index contributed by atoms with van der Waals surface area (Å²) in [5.41, 5.74) is 1.75. The van der Waals surface area contributed by atoms with Crippen molar-refractivity contribution in [2.45, 2.75) is 58.9 Å². The number of urea groups is 1. The monoisotopic (exact) mass is 336 g/mol. The van der Waals surface area contributed by atoms with E-state index in [4.69, 9.17) is 5.11 Å². The minimum absolute atomic E-state index is 0.236. The van der Waals surface area contributed by atoms with Crippen molar-refractivity contribution in [2.24, 2.45) is 5.92 Å². The molecule has 0 aromatic carbocycles. The van der Waals surface area contributed by atoms with Gasteiger partial charge < -0.3 is 15.3 Å². The minimum atomic E-state index is -0.830. The van der Waals surface area contributed by atoms with Crippen molar-refractivity contribution in [3.8, 4) is 0 Å². The number of carboxylic acid groups (broad SMARTS) is 1. The van der Waals surface area contributed by atoms with Crippen LogP contribution in [-0.2, 0) is 11.2 Å². The van der Waals surface area contributed by atoms with E-state index in [1.165, 1.54) is 0 Å². The van der Waals surface area contributed by atoms with Gasteiger partial charge in [-0.05, 0) is 32.1 Å². The Hall–Kier alpha value is -2.05. The van der Waals surface area contributed by atoms with Crippen molar-refractivity contribution < 1.29 is 14.7 Å². The average molecular weight is 336 g/mol. The van der Waals surface area contributed by atoms with Crippen molar-refractivity contribution in [1.29, 1.82) is 0 Å². The number of carbonyl (C=O) groups excluding carboxylic acids is 1. The number of nitrogens with one attached hydrogen (secondary N) is 1. The average Bonchev–Trinajstić information content (AvgIpc) is 2.98. The predicted molar refractivity (Wildman–Crippen MR) is 92.2 cm³/mol. The first-order valence-corrected chi connectivity index (χ1v) is 8.86. The highest BCUT2D eigenvalue weighted by molar-refractivity contribution is 5.90. The van der Waals surface area contributed by atoms with Crippen LogP contribution in [0, 0.1) is 5.92 Å². The Labute approximate surface area is 143 Å². The van der Waals surface area contributed by atoms with Crippen molar-refractivity contribution in [3.05, 3.63) is 11.9 Å². The first-order valence-electron chi connectivity index (χ1n) is 8.86. The number of likely N-dealkylation sites (tertiary alicyclic amines) is 1. The quantitative estimate of drug-likeness (QED) is 0.835. The molecule has 0 bridgehead atoms. The lowest BCUT2D eigenvalue weighted by Gasteiger charge is -2.30. The molecule has 1 fully saturated rings. The van der Waals surface area contributed by atoms with E-state index in [1.54, 1.807) is 11.1 Å². The van der Waals surface area contributed by atoms with Gasteiger partial charge in [0.25, 0.3) is 0 Å². The van der Waals surface area contributed by atoms with Gasteiger partial charge in [0.1, 0.15) is 0 Å². The lowest BCUT2D eigenvalue weighted by Crippen LogP contribution is -2.44. The molecule has 2 N–H and O–H groups in total. The van der Waals surface area contributed by atoms with Crippen molar-refractivity contribution in [2.75, 3.05) is 18.4 Å². The molecule has 7 heteroatoms. The summed E-state index contributed by atoms with van der Waals surface area (Å²) in [7, 11) is 0. The molecule has 1 unspecified atom stereocenters. The van der Waals surface area contributed by atoms with Crippen LogP contribution in [0.4, 0.5) is 10.5 Å². The molecule has 7 nitrogen and oxygen atoms in total.